The van der Waals surface area contributed by atoms with E-state index in [4.69, 9.17) is 5.11 Å². The van der Waals surface area contributed by atoms with E-state index in [1.807, 2.05) is 18.9 Å². The smallest absolute Gasteiger partial charge is 0.338 e. The Morgan fingerprint density at radius 2 is 2.27 bits per heavy atom. The normalized spacial score (nSPS) is 18.6. The zero-order chi connectivity index (χ0) is 11.2. The Bertz CT molecular complexity index is 434. The molecule has 80 valence electrons. The highest BCUT2D eigenvalue weighted by atomic mass is 19.1. The van der Waals surface area contributed by atoms with Crippen molar-refractivity contribution in [3.63, 3.8) is 0 Å². The Morgan fingerprint density at radius 3 is 2.87 bits per heavy atom. The topological polar surface area (TPSA) is 52.6 Å². The van der Waals surface area contributed by atoms with E-state index in [1.165, 1.54) is 12.1 Å². The summed E-state index contributed by atoms with van der Waals surface area (Å²) in [6.07, 6.45) is 0.0449. The molecule has 2 rings (SSSR count). The summed E-state index contributed by atoms with van der Waals surface area (Å²) in [6.45, 7) is 1.92. The van der Waals surface area contributed by atoms with Gasteiger partial charge in [0.1, 0.15) is 5.82 Å². The Labute approximate surface area is 86.3 Å². The number of rotatable bonds is 1. The van der Waals surface area contributed by atoms with Gasteiger partial charge in [-0.15, -0.1) is 0 Å². The number of carboxylic acids is 1. The van der Waals surface area contributed by atoms with Crippen molar-refractivity contribution in [2.75, 3.05) is 17.3 Å². The summed E-state index contributed by atoms with van der Waals surface area (Å²) in [6, 6.07) is 2.57. The number of carboxylic acid groups (broad SMARTS) is 1. The predicted octanol–water partition coefficient (Wildman–Crippen LogP) is 1.73. The molecule has 1 aromatic rings. The van der Waals surface area contributed by atoms with Gasteiger partial charge in [0.05, 0.1) is 23.1 Å². The van der Waals surface area contributed by atoms with Gasteiger partial charge in [-0.3, -0.25) is 0 Å². The molecule has 0 amide bonds. The van der Waals surface area contributed by atoms with Gasteiger partial charge in [0.25, 0.3) is 0 Å². The molecule has 0 radical (unpaired) electrons. The third kappa shape index (κ3) is 1.40. The van der Waals surface area contributed by atoms with Gasteiger partial charge in [-0.2, -0.15) is 0 Å². The molecule has 1 aromatic carbocycles. The minimum atomic E-state index is -1.25. The minimum Gasteiger partial charge on any atom is -0.478 e. The molecule has 5 heteroatoms. The molecule has 0 saturated carbocycles. The minimum absolute atomic E-state index is 0.0449. The van der Waals surface area contributed by atoms with Crippen molar-refractivity contribution in [1.82, 2.24) is 0 Å². The summed E-state index contributed by atoms with van der Waals surface area (Å²) < 4.78 is 13.4. The van der Waals surface area contributed by atoms with E-state index >= 15 is 0 Å². The first-order valence-corrected chi connectivity index (χ1v) is 4.57. The summed E-state index contributed by atoms with van der Waals surface area (Å²) in [5, 5.41) is 11.8. The number of nitrogens with one attached hydrogen (secondary N) is 1. The van der Waals surface area contributed by atoms with Crippen molar-refractivity contribution in [2.45, 2.75) is 13.1 Å². The second-order valence-corrected chi connectivity index (χ2v) is 3.59. The first-order valence-electron chi connectivity index (χ1n) is 4.57. The Morgan fingerprint density at radius 1 is 1.60 bits per heavy atom. The Hall–Kier alpha value is -1.78. The maximum atomic E-state index is 13.4. The van der Waals surface area contributed by atoms with Crippen LogP contribution in [0.1, 0.15) is 17.3 Å². The number of fused-ring (bicyclic) bond motifs is 1. The van der Waals surface area contributed by atoms with E-state index in [0.717, 1.165) is 0 Å². The van der Waals surface area contributed by atoms with Crippen molar-refractivity contribution in [3.8, 4) is 0 Å². The highest BCUT2D eigenvalue weighted by Gasteiger charge is 2.25. The van der Waals surface area contributed by atoms with Crippen LogP contribution in [0.4, 0.5) is 15.8 Å². The van der Waals surface area contributed by atoms with Crippen LogP contribution < -0.4 is 10.2 Å². The molecule has 15 heavy (non-hydrogen) atoms. The Kier molecular flexibility index (Phi) is 2.03. The second kappa shape index (κ2) is 3.12. The number of hydrogen-bond acceptors (Lipinski definition) is 3. The van der Waals surface area contributed by atoms with Gasteiger partial charge in [-0.25, -0.2) is 9.18 Å². The van der Waals surface area contributed by atoms with Gasteiger partial charge in [-0.1, -0.05) is 0 Å². The summed E-state index contributed by atoms with van der Waals surface area (Å²) in [5.74, 6) is -1.96. The average molecular weight is 210 g/mol. The molecule has 0 fully saturated rings. The number of anilines is 2. The molecule has 4 nitrogen and oxygen atoms in total. The predicted molar refractivity (Wildman–Crippen MR) is 54.8 cm³/mol. The number of hydrogen-bond donors (Lipinski definition) is 2. The Balaban J connectivity index is 2.54. The fraction of sp³-hybridized carbons (Fsp3) is 0.300. The lowest BCUT2D eigenvalue weighted by molar-refractivity contribution is 0.0692. The van der Waals surface area contributed by atoms with Gasteiger partial charge in [-0.05, 0) is 13.0 Å². The summed E-state index contributed by atoms with van der Waals surface area (Å²) in [7, 11) is 1.82. The van der Waals surface area contributed by atoms with Gasteiger partial charge < -0.3 is 15.3 Å². The number of halogens is 1. The zero-order valence-electron chi connectivity index (χ0n) is 8.41. The van der Waals surface area contributed by atoms with Crippen molar-refractivity contribution in [1.29, 1.82) is 0 Å². The zero-order valence-corrected chi connectivity index (χ0v) is 8.41. The second-order valence-electron chi connectivity index (χ2n) is 3.59. The molecule has 0 aliphatic carbocycles. The monoisotopic (exact) mass is 210 g/mol. The van der Waals surface area contributed by atoms with E-state index < -0.39 is 11.8 Å². The summed E-state index contributed by atoms with van der Waals surface area (Å²) >= 11 is 0. The SMILES string of the molecule is CC1Nc2cc(C(=O)O)c(F)cc2N1C. The van der Waals surface area contributed by atoms with E-state index in [0.29, 0.717) is 11.4 Å². The fourth-order valence-electron chi connectivity index (χ4n) is 1.66. The molecule has 0 saturated heterocycles. The van der Waals surface area contributed by atoms with E-state index in [9.17, 15) is 9.18 Å². The van der Waals surface area contributed by atoms with Crippen LogP contribution in [-0.4, -0.2) is 24.3 Å². The number of nitrogens with zero attached hydrogens (tertiary/aromatic N) is 1. The molecule has 0 aromatic heterocycles. The molecule has 1 aliphatic rings. The van der Waals surface area contributed by atoms with Crippen molar-refractivity contribution >= 4 is 17.3 Å². The molecule has 1 aliphatic heterocycles. The van der Waals surface area contributed by atoms with Gasteiger partial charge in [0.2, 0.25) is 0 Å². The lowest BCUT2D eigenvalue weighted by Gasteiger charge is -2.17. The molecular formula is C10H11FN2O2. The molecule has 1 unspecified atom stereocenters. The fourth-order valence-corrected chi connectivity index (χ4v) is 1.66. The molecule has 0 bridgehead atoms. The van der Waals surface area contributed by atoms with Crippen LogP contribution in [-0.2, 0) is 0 Å². The van der Waals surface area contributed by atoms with Crippen LogP contribution >= 0.6 is 0 Å². The lowest BCUT2D eigenvalue weighted by Crippen LogP contribution is -2.28. The van der Waals surface area contributed by atoms with Gasteiger partial charge in [0, 0.05) is 13.1 Å². The van der Waals surface area contributed by atoms with Crippen molar-refractivity contribution in [2.24, 2.45) is 0 Å². The number of carbonyl (C=O) groups is 1. The van der Waals surface area contributed by atoms with Crippen molar-refractivity contribution in [3.05, 3.63) is 23.5 Å². The third-order valence-corrected chi connectivity index (χ3v) is 2.64. The summed E-state index contributed by atoms with van der Waals surface area (Å²) in [5.41, 5.74) is 1.04. The van der Waals surface area contributed by atoms with Crippen LogP contribution in [0.25, 0.3) is 0 Å². The lowest BCUT2D eigenvalue weighted by atomic mass is 10.1. The highest BCUT2D eigenvalue weighted by Crippen LogP contribution is 2.35. The first kappa shape index (κ1) is 9.76. The largest absolute Gasteiger partial charge is 0.478 e. The molecular weight excluding hydrogens is 199 g/mol. The molecule has 1 atom stereocenters. The quantitative estimate of drug-likeness (QED) is 0.741. The third-order valence-electron chi connectivity index (χ3n) is 2.64. The van der Waals surface area contributed by atoms with Gasteiger partial charge in [0.15, 0.2) is 0 Å². The van der Waals surface area contributed by atoms with Crippen LogP contribution in [0.2, 0.25) is 0 Å². The van der Waals surface area contributed by atoms with Crippen LogP contribution in [0.5, 0.6) is 0 Å². The van der Waals surface area contributed by atoms with E-state index in [2.05, 4.69) is 5.32 Å². The number of aromatic carboxylic acids is 1. The maximum Gasteiger partial charge on any atom is 0.338 e. The average Bonchev–Trinajstić information content (AvgIpc) is 2.43. The molecule has 0 spiro atoms. The van der Waals surface area contributed by atoms with Gasteiger partial charge >= 0.3 is 5.97 Å². The first-order chi connectivity index (χ1) is 7.00. The van der Waals surface area contributed by atoms with Crippen LogP contribution in [0.15, 0.2) is 12.1 Å². The number of benzene rings is 1. The van der Waals surface area contributed by atoms with Crippen LogP contribution in [0, 0.1) is 5.82 Å². The standard InChI is InChI=1S/C10H11FN2O2/c1-5-12-8-3-6(10(14)15)7(11)4-9(8)13(5)2/h3-5,12H,1-2H3,(H,14,15). The molecule has 1 heterocycles. The summed E-state index contributed by atoms with van der Waals surface area (Å²) in [4.78, 5) is 12.6. The van der Waals surface area contributed by atoms with Crippen LogP contribution in [0.3, 0.4) is 0 Å². The van der Waals surface area contributed by atoms with Crippen molar-refractivity contribution < 1.29 is 14.3 Å². The van der Waals surface area contributed by atoms with E-state index in [1.54, 1.807) is 0 Å². The van der Waals surface area contributed by atoms with E-state index in [-0.39, 0.29) is 11.7 Å². The highest BCUT2D eigenvalue weighted by molar-refractivity contribution is 5.92. The maximum absolute atomic E-state index is 13.4. The molecule has 2 N–H and O–H groups in total.